The molecule has 0 aliphatic rings. The molecular weight excluding hydrogens is 250 g/mol. The molecule has 0 aliphatic heterocycles. The van der Waals surface area contributed by atoms with Crippen LogP contribution in [0.2, 0.25) is 0 Å². The molecule has 1 aromatic carbocycles. The second-order valence-corrected chi connectivity index (χ2v) is 4.19. The molecule has 0 heterocycles. The molecule has 18 heavy (non-hydrogen) atoms. The molecular formula is C14H24ClNO2. The maximum absolute atomic E-state index is 5.81. The fourth-order valence-electron chi connectivity index (χ4n) is 1.75. The Balaban J connectivity index is 0.00000289. The van der Waals surface area contributed by atoms with Crippen molar-refractivity contribution < 1.29 is 9.47 Å². The molecule has 4 heteroatoms. The van der Waals surface area contributed by atoms with Gasteiger partial charge in [0.2, 0.25) is 0 Å². The monoisotopic (exact) mass is 273 g/mol. The van der Waals surface area contributed by atoms with E-state index in [0.717, 1.165) is 17.7 Å². The van der Waals surface area contributed by atoms with E-state index >= 15 is 0 Å². The van der Waals surface area contributed by atoms with Crippen molar-refractivity contribution in [3.63, 3.8) is 0 Å². The van der Waals surface area contributed by atoms with Crippen molar-refractivity contribution in [1.82, 2.24) is 0 Å². The molecule has 0 aromatic heterocycles. The van der Waals surface area contributed by atoms with Crippen molar-refractivity contribution in [3.05, 3.63) is 29.3 Å². The molecule has 1 aromatic rings. The van der Waals surface area contributed by atoms with Gasteiger partial charge in [0.15, 0.2) is 0 Å². The van der Waals surface area contributed by atoms with E-state index in [2.05, 4.69) is 12.1 Å². The highest BCUT2D eigenvalue weighted by Crippen LogP contribution is 2.22. The summed E-state index contributed by atoms with van der Waals surface area (Å²) in [5, 5.41) is 0. The predicted octanol–water partition coefficient (Wildman–Crippen LogP) is 2.93. The van der Waals surface area contributed by atoms with Crippen molar-refractivity contribution in [1.29, 1.82) is 0 Å². The molecule has 0 fully saturated rings. The summed E-state index contributed by atoms with van der Waals surface area (Å²) in [5.41, 5.74) is 8.15. The number of nitrogens with two attached hydrogens (primary N) is 1. The summed E-state index contributed by atoms with van der Waals surface area (Å²) in [5.74, 6) is 0.911. The van der Waals surface area contributed by atoms with Gasteiger partial charge >= 0.3 is 0 Å². The van der Waals surface area contributed by atoms with Gasteiger partial charge in [0.05, 0.1) is 13.2 Å². The van der Waals surface area contributed by atoms with Gasteiger partial charge in [-0.05, 0) is 44.9 Å². The van der Waals surface area contributed by atoms with Crippen molar-refractivity contribution >= 4 is 12.4 Å². The van der Waals surface area contributed by atoms with Gasteiger partial charge in [-0.1, -0.05) is 6.07 Å². The minimum atomic E-state index is 0. The van der Waals surface area contributed by atoms with Crippen molar-refractivity contribution in [2.45, 2.75) is 39.8 Å². The molecule has 1 atom stereocenters. The Morgan fingerprint density at radius 1 is 1.22 bits per heavy atom. The molecule has 0 bridgehead atoms. The summed E-state index contributed by atoms with van der Waals surface area (Å²) in [7, 11) is 0. The first-order chi connectivity index (χ1) is 8.17. The first-order valence-electron chi connectivity index (χ1n) is 6.25. The zero-order valence-electron chi connectivity index (χ0n) is 11.4. The normalized spacial score (nSPS) is 11.8. The fourth-order valence-corrected chi connectivity index (χ4v) is 1.75. The third kappa shape index (κ3) is 5.71. The molecule has 1 rings (SSSR count). The Bertz CT molecular complexity index is 343. The number of rotatable bonds is 7. The van der Waals surface area contributed by atoms with Crippen LogP contribution in [0.25, 0.3) is 0 Å². The van der Waals surface area contributed by atoms with Crippen molar-refractivity contribution in [3.8, 4) is 5.75 Å². The molecule has 3 nitrogen and oxygen atoms in total. The van der Waals surface area contributed by atoms with Gasteiger partial charge in [-0.3, -0.25) is 0 Å². The molecule has 104 valence electrons. The number of ether oxygens (including phenoxy) is 2. The highest BCUT2D eigenvalue weighted by molar-refractivity contribution is 5.85. The maximum atomic E-state index is 5.81. The first kappa shape index (κ1) is 17.2. The summed E-state index contributed by atoms with van der Waals surface area (Å²) in [6, 6.07) is 6.39. The summed E-state index contributed by atoms with van der Waals surface area (Å²) in [4.78, 5) is 0. The molecule has 0 radical (unpaired) electrons. The van der Waals surface area contributed by atoms with Crippen LogP contribution in [0.3, 0.4) is 0 Å². The van der Waals surface area contributed by atoms with Crippen LogP contribution in [0, 0.1) is 0 Å². The van der Waals surface area contributed by atoms with Gasteiger partial charge in [-0.2, -0.15) is 0 Å². The molecule has 0 saturated heterocycles. The SMILES string of the molecule is CCOCc1cc(CC(C)N)ccc1OCC.Cl. The quantitative estimate of drug-likeness (QED) is 0.831. The van der Waals surface area contributed by atoms with E-state index in [1.54, 1.807) is 0 Å². The molecule has 0 amide bonds. The van der Waals surface area contributed by atoms with Crippen LogP contribution in [-0.2, 0) is 17.8 Å². The average molecular weight is 274 g/mol. The van der Waals surface area contributed by atoms with Crippen LogP contribution in [0.5, 0.6) is 5.75 Å². The van der Waals surface area contributed by atoms with E-state index in [1.807, 2.05) is 26.8 Å². The third-order valence-corrected chi connectivity index (χ3v) is 2.44. The zero-order chi connectivity index (χ0) is 12.7. The second kappa shape index (κ2) is 9.20. The Hall–Kier alpha value is -0.770. The van der Waals surface area contributed by atoms with Crippen molar-refractivity contribution in [2.24, 2.45) is 5.73 Å². The smallest absolute Gasteiger partial charge is 0.124 e. The van der Waals surface area contributed by atoms with Crippen LogP contribution < -0.4 is 10.5 Å². The average Bonchev–Trinajstić information content (AvgIpc) is 2.28. The summed E-state index contributed by atoms with van der Waals surface area (Å²) >= 11 is 0. The van der Waals surface area contributed by atoms with Crippen LogP contribution in [0.1, 0.15) is 31.9 Å². The standard InChI is InChI=1S/C14H23NO2.ClH/c1-4-16-10-13-9-12(8-11(3)15)6-7-14(13)17-5-2;/h6-7,9,11H,4-5,8,10,15H2,1-3H3;1H. The van der Waals surface area contributed by atoms with E-state index in [1.165, 1.54) is 5.56 Å². The van der Waals surface area contributed by atoms with Gasteiger partial charge in [0, 0.05) is 18.2 Å². The molecule has 1 unspecified atom stereocenters. The Morgan fingerprint density at radius 3 is 2.50 bits per heavy atom. The molecule has 0 aliphatic carbocycles. The Kier molecular flexibility index (Phi) is 8.81. The lowest BCUT2D eigenvalue weighted by atomic mass is 10.0. The summed E-state index contributed by atoms with van der Waals surface area (Å²) < 4.78 is 11.0. The van der Waals surface area contributed by atoms with Gasteiger partial charge in [-0.25, -0.2) is 0 Å². The first-order valence-corrected chi connectivity index (χ1v) is 6.25. The highest BCUT2D eigenvalue weighted by atomic mass is 35.5. The van der Waals surface area contributed by atoms with Crippen LogP contribution in [-0.4, -0.2) is 19.3 Å². The maximum Gasteiger partial charge on any atom is 0.124 e. The topological polar surface area (TPSA) is 44.5 Å². The largest absolute Gasteiger partial charge is 0.494 e. The fraction of sp³-hybridized carbons (Fsp3) is 0.571. The summed E-state index contributed by atoms with van der Waals surface area (Å²) in [6.07, 6.45) is 0.880. The molecule has 0 saturated carbocycles. The van der Waals surface area contributed by atoms with E-state index in [9.17, 15) is 0 Å². The van der Waals surface area contributed by atoms with Crippen LogP contribution in [0.4, 0.5) is 0 Å². The minimum absolute atomic E-state index is 0. The van der Waals surface area contributed by atoms with E-state index in [4.69, 9.17) is 15.2 Å². The lowest BCUT2D eigenvalue weighted by Crippen LogP contribution is -2.17. The number of hydrogen-bond acceptors (Lipinski definition) is 3. The Labute approximate surface area is 116 Å². The van der Waals surface area contributed by atoms with E-state index < -0.39 is 0 Å². The van der Waals surface area contributed by atoms with Gasteiger partial charge < -0.3 is 15.2 Å². The third-order valence-electron chi connectivity index (χ3n) is 2.44. The van der Waals surface area contributed by atoms with Crippen molar-refractivity contribution in [2.75, 3.05) is 13.2 Å². The van der Waals surface area contributed by atoms with Gasteiger partial charge in [0.1, 0.15) is 5.75 Å². The predicted molar refractivity (Wildman–Crippen MR) is 77.5 cm³/mol. The molecule has 2 N–H and O–H groups in total. The lowest BCUT2D eigenvalue weighted by molar-refractivity contribution is 0.131. The lowest BCUT2D eigenvalue weighted by Gasteiger charge is -2.13. The molecule has 0 spiro atoms. The number of hydrogen-bond donors (Lipinski definition) is 1. The highest BCUT2D eigenvalue weighted by Gasteiger charge is 2.06. The van der Waals surface area contributed by atoms with E-state index in [-0.39, 0.29) is 18.4 Å². The van der Waals surface area contributed by atoms with Crippen LogP contribution in [0.15, 0.2) is 18.2 Å². The summed E-state index contributed by atoms with van der Waals surface area (Å²) in [6.45, 7) is 7.97. The minimum Gasteiger partial charge on any atom is -0.494 e. The Morgan fingerprint density at radius 2 is 1.94 bits per heavy atom. The van der Waals surface area contributed by atoms with Crippen LogP contribution >= 0.6 is 12.4 Å². The number of benzene rings is 1. The zero-order valence-corrected chi connectivity index (χ0v) is 12.3. The van der Waals surface area contributed by atoms with Gasteiger partial charge in [0.25, 0.3) is 0 Å². The van der Waals surface area contributed by atoms with Gasteiger partial charge in [-0.15, -0.1) is 12.4 Å². The second-order valence-electron chi connectivity index (χ2n) is 4.19. The number of halogens is 1. The van der Waals surface area contributed by atoms with E-state index in [0.29, 0.717) is 19.8 Å².